The number of ether oxygens (including phenoxy) is 3. The van der Waals surface area contributed by atoms with Crippen LogP contribution in [0.4, 0.5) is 5.69 Å². The number of nitrogens with zero attached hydrogens (tertiary/aromatic N) is 2. The molecular formula is C27H23BrN2O6. The summed E-state index contributed by atoms with van der Waals surface area (Å²) < 4.78 is 17.8. The van der Waals surface area contributed by atoms with Crippen LogP contribution in [0.25, 0.3) is 6.08 Å². The van der Waals surface area contributed by atoms with Gasteiger partial charge < -0.3 is 14.2 Å². The first kappa shape index (κ1) is 25.1. The van der Waals surface area contributed by atoms with E-state index in [-0.39, 0.29) is 17.3 Å². The number of esters is 1. The van der Waals surface area contributed by atoms with Crippen LogP contribution in [0.5, 0.6) is 11.5 Å². The fourth-order valence-corrected chi connectivity index (χ4v) is 4.22. The third-order valence-corrected chi connectivity index (χ3v) is 6.08. The van der Waals surface area contributed by atoms with Crippen molar-refractivity contribution in [3.63, 3.8) is 0 Å². The van der Waals surface area contributed by atoms with Gasteiger partial charge in [0.2, 0.25) is 5.90 Å². The fraction of sp³-hybridized carbons (Fsp3) is 0.185. The van der Waals surface area contributed by atoms with E-state index in [1.54, 1.807) is 31.2 Å². The Kier molecular flexibility index (Phi) is 7.49. The molecule has 0 aromatic heterocycles. The summed E-state index contributed by atoms with van der Waals surface area (Å²) in [6.45, 7) is 6.27. The van der Waals surface area contributed by atoms with Crippen molar-refractivity contribution in [1.29, 1.82) is 0 Å². The number of aryl methyl sites for hydroxylation is 1. The summed E-state index contributed by atoms with van der Waals surface area (Å²) >= 11 is 3.55. The number of rotatable bonds is 8. The van der Waals surface area contributed by atoms with Crippen molar-refractivity contribution in [2.24, 2.45) is 4.99 Å². The molecule has 8 nitrogen and oxygen atoms in total. The standard InChI is InChI=1S/C27H23BrN2O6/c1-4-34-24-14-19(12-21(28)25(24)35-15-18-10-8-16(2)9-11-18)13-22-27(31)36-26(29-22)20-6-5-7-23(17(20)3)30(32)33/h5-14H,4,15H2,1-3H3/b22-13-. The van der Waals surface area contributed by atoms with E-state index in [0.29, 0.717) is 45.9 Å². The number of halogens is 1. The predicted molar refractivity (Wildman–Crippen MR) is 139 cm³/mol. The van der Waals surface area contributed by atoms with Crippen LogP contribution in [-0.2, 0) is 16.1 Å². The zero-order valence-electron chi connectivity index (χ0n) is 19.9. The van der Waals surface area contributed by atoms with Gasteiger partial charge in [0.05, 0.1) is 16.0 Å². The number of carbonyl (C=O) groups is 1. The highest BCUT2D eigenvalue weighted by molar-refractivity contribution is 9.10. The molecule has 1 heterocycles. The molecule has 0 N–H and O–H groups in total. The molecule has 0 fully saturated rings. The summed E-state index contributed by atoms with van der Waals surface area (Å²) in [5, 5.41) is 11.3. The maximum Gasteiger partial charge on any atom is 0.363 e. The lowest BCUT2D eigenvalue weighted by atomic mass is 10.1. The van der Waals surface area contributed by atoms with Crippen LogP contribution in [0.1, 0.15) is 34.7 Å². The molecule has 3 aromatic carbocycles. The lowest BCUT2D eigenvalue weighted by Crippen LogP contribution is -2.08. The van der Waals surface area contributed by atoms with E-state index in [1.165, 1.54) is 17.7 Å². The molecule has 0 spiro atoms. The number of hydrogen-bond acceptors (Lipinski definition) is 7. The number of nitro groups is 1. The summed E-state index contributed by atoms with van der Waals surface area (Å²) in [6.07, 6.45) is 1.57. The van der Waals surface area contributed by atoms with E-state index in [1.807, 2.05) is 38.1 Å². The molecule has 0 radical (unpaired) electrons. The van der Waals surface area contributed by atoms with Gasteiger partial charge in [0, 0.05) is 17.2 Å². The number of benzene rings is 3. The largest absolute Gasteiger partial charge is 0.490 e. The second-order valence-electron chi connectivity index (χ2n) is 8.08. The van der Waals surface area contributed by atoms with Gasteiger partial charge in [0.1, 0.15) is 6.61 Å². The molecule has 0 aliphatic carbocycles. The van der Waals surface area contributed by atoms with Gasteiger partial charge in [-0.2, -0.15) is 0 Å². The molecule has 184 valence electrons. The van der Waals surface area contributed by atoms with Crippen LogP contribution in [0.15, 0.2) is 69.8 Å². The normalized spacial score (nSPS) is 13.9. The van der Waals surface area contributed by atoms with Gasteiger partial charge in [-0.05, 0) is 72.1 Å². The molecule has 1 aliphatic heterocycles. The number of cyclic esters (lactones) is 1. The van der Waals surface area contributed by atoms with Crippen molar-refractivity contribution in [2.75, 3.05) is 6.61 Å². The van der Waals surface area contributed by atoms with Crippen molar-refractivity contribution in [3.05, 3.63) is 103 Å². The topological polar surface area (TPSA) is 100 Å². The Hall–Kier alpha value is -3.98. The molecule has 0 saturated carbocycles. The van der Waals surface area contributed by atoms with Gasteiger partial charge in [0.25, 0.3) is 5.69 Å². The minimum atomic E-state index is -0.648. The van der Waals surface area contributed by atoms with Crippen molar-refractivity contribution in [2.45, 2.75) is 27.4 Å². The molecule has 3 aromatic rings. The monoisotopic (exact) mass is 550 g/mol. The van der Waals surface area contributed by atoms with Gasteiger partial charge in [-0.3, -0.25) is 10.1 Å². The second-order valence-corrected chi connectivity index (χ2v) is 8.93. The van der Waals surface area contributed by atoms with Gasteiger partial charge in [-0.1, -0.05) is 35.9 Å². The van der Waals surface area contributed by atoms with Crippen LogP contribution in [0, 0.1) is 24.0 Å². The summed E-state index contributed by atoms with van der Waals surface area (Å²) in [6, 6.07) is 16.2. The summed E-state index contributed by atoms with van der Waals surface area (Å²) in [5.74, 6) is 0.431. The van der Waals surface area contributed by atoms with Gasteiger partial charge in [-0.25, -0.2) is 9.79 Å². The van der Waals surface area contributed by atoms with Crippen LogP contribution in [-0.4, -0.2) is 23.4 Å². The highest BCUT2D eigenvalue weighted by atomic mass is 79.9. The highest BCUT2D eigenvalue weighted by Gasteiger charge is 2.27. The van der Waals surface area contributed by atoms with E-state index >= 15 is 0 Å². The molecule has 4 rings (SSSR count). The van der Waals surface area contributed by atoms with Crippen LogP contribution >= 0.6 is 15.9 Å². The zero-order valence-corrected chi connectivity index (χ0v) is 21.5. The van der Waals surface area contributed by atoms with Gasteiger partial charge in [-0.15, -0.1) is 0 Å². The van der Waals surface area contributed by atoms with E-state index in [4.69, 9.17) is 14.2 Å². The van der Waals surface area contributed by atoms with Crippen molar-refractivity contribution in [1.82, 2.24) is 0 Å². The van der Waals surface area contributed by atoms with Gasteiger partial charge >= 0.3 is 5.97 Å². The first-order chi connectivity index (χ1) is 17.3. The first-order valence-corrected chi connectivity index (χ1v) is 12.0. The molecular weight excluding hydrogens is 528 g/mol. The maximum atomic E-state index is 12.5. The highest BCUT2D eigenvalue weighted by Crippen LogP contribution is 2.38. The molecule has 0 saturated heterocycles. The van der Waals surface area contributed by atoms with E-state index in [9.17, 15) is 14.9 Å². The van der Waals surface area contributed by atoms with E-state index in [0.717, 1.165) is 5.56 Å². The Balaban J connectivity index is 1.63. The fourth-order valence-electron chi connectivity index (χ4n) is 3.65. The average molecular weight is 551 g/mol. The number of nitro benzene ring substituents is 1. The Bertz CT molecular complexity index is 1400. The van der Waals surface area contributed by atoms with E-state index < -0.39 is 10.9 Å². The van der Waals surface area contributed by atoms with Crippen LogP contribution in [0.2, 0.25) is 0 Å². The molecule has 0 atom stereocenters. The summed E-state index contributed by atoms with van der Waals surface area (Å²) in [7, 11) is 0. The third kappa shape index (κ3) is 5.46. The summed E-state index contributed by atoms with van der Waals surface area (Å²) in [5.41, 5.74) is 3.58. The molecule has 9 heteroatoms. The minimum absolute atomic E-state index is 0.0228. The van der Waals surface area contributed by atoms with Crippen molar-refractivity contribution in [3.8, 4) is 11.5 Å². The van der Waals surface area contributed by atoms with Gasteiger partial charge in [0.15, 0.2) is 17.2 Å². The smallest absolute Gasteiger partial charge is 0.363 e. The second kappa shape index (κ2) is 10.7. The summed E-state index contributed by atoms with van der Waals surface area (Å²) in [4.78, 5) is 27.6. The van der Waals surface area contributed by atoms with Crippen LogP contribution < -0.4 is 9.47 Å². The Morgan fingerprint density at radius 2 is 1.86 bits per heavy atom. The Labute approximate surface area is 216 Å². The molecule has 0 unspecified atom stereocenters. The minimum Gasteiger partial charge on any atom is -0.490 e. The van der Waals surface area contributed by atoms with Crippen LogP contribution in [0.3, 0.4) is 0 Å². The Morgan fingerprint density at radius 1 is 1.11 bits per heavy atom. The number of aliphatic imine (C=N–C) groups is 1. The quantitative estimate of drug-likeness (QED) is 0.141. The van der Waals surface area contributed by atoms with E-state index in [2.05, 4.69) is 20.9 Å². The molecule has 1 aliphatic rings. The lowest BCUT2D eigenvalue weighted by Gasteiger charge is -2.15. The molecule has 0 bridgehead atoms. The Morgan fingerprint density at radius 3 is 2.56 bits per heavy atom. The average Bonchev–Trinajstić information content (AvgIpc) is 3.19. The first-order valence-electron chi connectivity index (χ1n) is 11.2. The lowest BCUT2D eigenvalue weighted by molar-refractivity contribution is -0.385. The maximum absolute atomic E-state index is 12.5. The zero-order chi connectivity index (χ0) is 25.8. The van der Waals surface area contributed by atoms with Crippen molar-refractivity contribution >= 4 is 39.6 Å². The SMILES string of the molecule is CCOc1cc(/C=C2\N=C(c3cccc([N+](=O)[O-])c3C)OC2=O)cc(Br)c1OCc1ccc(C)cc1. The predicted octanol–water partition coefficient (Wildman–Crippen LogP) is 6.30. The third-order valence-electron chi connectivity index (χ3n) is 5.49. The molecule has 36 heavy (non-hydrogen) atoms. The number of carbonyl (C=O) groups excluding carboxylic acids is 1. The molecule has 0 amide bonds. The number of hydrogen-bond donors (Lipinski definition) is 0. The van der Waals surface area contributed by atoms with Crippen molar-refractivity contribution < 1.29 is 23.9 Å².